The van der Waals surface area contributed by atoms with Crippen molar-refractivity contribution in [2.45, 2.75) is 39.3 Å². The molecule has 2 aromatic rings. The first-order chi connectivity index (χ1) is 13.2. The minimum absolute atomic E-state index is 0.163. The highest BCUT2D eigenvalue weighted by atomic mass is 16.5. The summed E-state index contributed by atoms with van der Waals surface area (Å²) in [6, 6.07) is 10.2. The van der Waals surface area contributed by atoms with Crippen molar-refractivity contribution >= 4 is 11.9 Å². The van der Waals surface area contributed by atoms with Crippen LogP contribution in [0.5, 0.6) is 0 Å². The summed E-state index contributed by atoms with van der Waals surface area (Å²) in [4.78, 5) is 15.8. The normalized spacial score (nSPS) is 11.3. The van der Waals surface area contributed by atoms with Crippen LogP contribution in [0.4, 0.5) is 0 Å². The van der Waals surface area contributed by atoms with E-state index in [1.807, 2.05) is 36.0 Å². The van der Waals surface area contributed by atoms with Crippen LogP contribution in [-0.4, -0.2) is 41.9 Å². The summed E-state index contributed by atoms with van der Waals surface area (Å²) in [5, 5.41) is 10.9. The maximum atomic E-state index is 11.1. The molecule has 0 bridgehead atoms. The third-order valence-corrected chi connectivity index (χ3v) is 4.09. The molecule has 0 aliphatic heterocycles. The first-order valence-corrected chi connectivity index (χ1v) is 9.36. The zero-order valence-corrected chi connectivity index (χ0v) is 16.1. The molecule has 0 unspecified atom stereocenters. The van der Waals surface area contributed by atoms with Gasteiger partial charge in [-0.15, -0.1) is 0 Å². The van der Waals surface area contributed by atoms with Gasteiger partial charge in [0.1, 0.15) is 0 Å². The molecule has 1 heterocycles. The topological polar surface area (TPSA) is 80.5 Å². The molecule has 146 valence electrons. The molecule has 2 N–H and O–H groups in total. The van der Waals surface area contributed by atoms with Gasteiger partial charge in [0.25, 0.3) is 0 Å². The van der Waals surface area contributed by atoms with E-state index in [-0.39, 0.29) is 5.97 Å². The van der Waals surface area contributed by atoms with Gasteiger partial charge in [0.15, 0.2) is 5.96 Å². The second kappa shape index (κ2) is 11.7. The number of hydrogen-bond donors (Lipinski definition) is 2. The number of guanidine groups is 1. The highest BCUT2D eigenvalue weighted by Crippen LogP contribution is 2.11. The van der Waals surface area contributed by atoms with E-state index < -0.39 is 0 Å². The molecule has 0 saturated heterocycles. The second-order valence-electron chi connectivity index (χ2n) is 6.13. The molecule has 1 aromatic heterocycles. The SMILES string of the molecule is CCNC(=NCc1ccccc1Cn1cccn1)NCCCCC(=O)OC. The van der Waals surface area contributed by atoms with Gasteiger partial charge in [-0.3, -0.25) is 9.48 Å². The van der Waals surface area contributed by atoms with Crippen molar-refractivity contribution in [2.24, 2.45) is 4.99 Å². The molecule has 0 fully saturated rings. The molecular weight excluding hydrogens is 342 g/mol. The predicted octanol–water partition coefficient (Wildman–Crippen LogP) is 2.33. The summed E-state index contributed by atoms with van der Waals surface area (Å²) in [5.41, 5.74) is 2.38. The Kier molecular flexibility index (Phi) is 8.89. The van der Waals surface area contributed by atoms with E-state index in [1.165, 1.54) is 18.2 Å². The van der Waals surface area contributed by atoms with E-state index in [1.54, 1.807) is 6.20 Å². The van der Waals surface area contributed by atoms with Gasteiger partial charge in [-0.1, -0.05) is 24.3 Å². The Balaban J connectivity index is 1.89. The average molecular weight is 371 g/mol. The van der Waals surface area contributed by atoms with Crippen molar-refractivity contribution < 1.29 is 9.53 Å². The Morgan fingerprint density at radius 3 is 2.70 bits per heavy atom. The first-order valence-electron chi connectivity index (χ1n) is 9.36. The highest BCUT2D eigenvalue weighted by molar-refractivity contribution is 5.79. The molecular formula is C20H29N5O2. The maximum Gasteiger partial charge on any atom is 0.305 e. The summed E-state index contributed by atoms with van der Waals surface area (Å²) in [6.45, 7) is 4.92. The lowest BCUT2D eigenvalue weighted by molar-refractivity contribution is -0.140. The maximum absolute atomic E-state index is 11.1. The minimum Gasteiger partial charge on any atom is -0.469 e. The number of carbonyl (C=O) groups excluding carboxylic acids is 1. The van der Waals surface area contributed by atoms with Crippen LogP contribution in [0.3, 0.4) is 0 Å². The molecule has 27 heavy (non-hydrogen) atoms. The van der Waals surface area contributed by atoms with Crippen molar-refractivity contribution in [1.82, 2.24) is 20.4 Å². The number of aromatic nitrogens is 2. The fourth-order valence-corrected chi connectivity index (χ4v) is 2.64. The smallest absolute Gasteiger partial charge is 0.305 e. The number of nitrogens with zero attached hydrogens (tertiary/aromatic N) is 3. The molecule has 0 saturated carbocycles. The number of aliphatic imine (C=N–C) groups is 1. The van der Waals surface area contributed by atoms with Crippen LogP contribution in [0, 0.1) is 0 Å². The van der Waals surface area contributed by atoms with Crippen molar-refractivity contribution in [2.75, 3.05) is 20.2 Å². The zero-order chi connectivity index (χ0) is 19.3. The van der Waals surface area contributed by atoms with E-state index in [2.05, 4.69) is 32.6 Å². The number of ether oxygens (including phenoxy) is 1. The zero-order valence-electron chi connectivity index (χ0n) is 16.1. The van der Waals surface area contributed by atoms with Gasteiger partial charge in [-0.2, -0.15) is 5.10 Å². The second-order valence-corrected chi connectivity index (χ2v) is 6.13. The molecule has 7 heteroatoms. The molecule has 0 aliphatic carbocycles. The Morgan fingerprint density at radius 2 is 2.00 bits per heavy atom. The Bertz CT molecular complexity index is 713. The van der Waals surface area contributed by atoms with Crippen molar-refractivity contribution in [3.05, 3.63) is 53.9 Å². The summed E-state index contributed by atoms with van der Waals surface area (Å²) in [7, 11) is 1.42. The fraction of sp³-hybridized carbons (Fsp3) is 0.450. The monoisotopic (exact) mass is 371 g/mol. The summed E-state index contributed by atoms with van der Waals surface area (Å²) < 4.78 is 6.56. The Morgan fingerprint density at radius 1 is 1.19 bits per heavy atom. The number of benzene rings is 1. The predicted molar refractivity (Wildman–Crippen MR) is 106 cm³/mol. The van der Waals surface area contributed by atoms with Crippen LogP contribution in [-0.2, 0) is 22.6 Å². The molecule has 0 amide bonds. The Hall–Kier alpha value is -2.83. The van der Waals surface area contributed by atoms with Gasteiger partial charge in [-0.05, 0) is 37.0 Å². The third-order valence-electron chi connectivity index (χ3n) is 4.09. The summed E-state index contributed by atoms with van der Waals surface area (Å²) >= 11 is 0. The van der Waals surface area contributed by atoms with Crippen molar-refractivity contribution in [1.29, 1.82) is 0 Å². The van der Waals surface area contributed by atoms with Crippen molar-refractivity contribution in [3.63, 3.8) is 0 Å². The minimum atomic E-state index is -0.163. The number of rotatable bonds is 10. The summed E-state index contributed by atoms with van der Waals surface area (Å²) in [6.07, 6.45) is 5.88. The molecule has 0 spiro atoms. The van der Waals surface area contributed by atoms with Crippen LogP contribution in [0.2, 0.25) is 0 Å². The number of carbonyl (C=O) groups is 1. The Labute approximate surface area is 160 Å². The molecule has 1 aromatic carbocycles. The third kappa shape index (κ3) is 7.52. The van der Waals surface area contributed by atoms with Gasteiger partial charge in [0.2, 0.25) is 0 Å². The number of unbranched alkanes of at least 4 members (excludes halogenated alkanes) is 1. The molecule has 0 radical (unpaired) electrons. The first kappa shape index (κ1) is 20.5. The van der Waals surface area contributed by atoms with Crippen LogP contribution in [0.25, 0.3) is 0 Å². The molecule has 7 nitrogen and oxygen atoms in total. The van der Waals surface area contributed by atoms with Crippen LogP contribution in [0.1, 0.15) is 37.3 Å². The molecule has 0 aliphatic rings. The van der Waals surface area contributed by atoms with Gasteiger partial charge >= 0.3 is 5.97 Å². The number of esters is 1. The van der Waals surface area contributed by atoms with Crippen molar-refractivity contribution in [3.8, 4) is 0 Å². The van der Waals surface area contributed by atoms with E-state index in [4.69, 9.17) is 4.99 Å². The highest BCUT2D eigenvalue weighted by Gasteiger charge is 2.04. The largest absolute Gasteiger partial charge is 0.469 e. The molecule has 2 rings (SSSR count). The van der Waals surface area contributed by atoms with E-state index in [0.29, 0.717) is 13.0 Å². The quantitative estimate of drug-likeness (QED) is 0.290. The fourth-order valence-electron chi connectivity index (χ4n) is 2.64. The van der Waals surface area contributed by atoms with Crippen LogP contribution in [0.15, 0.2) is 47.7 Å². The van der Waals surface area contributed by atoms with Gasteiger partial charge in [0, 0.05) is 31.9 Å². The number of hydrogen-bond acceptors (Lipinski definition) is 4. The van der Waals surface area contributed by atoms with Gasteiger partial charge in [-0.25, -0.2) is 4.99 Å². The van der Waals surface area contributed by atoms with E-state index >= 15 is 0 Å². The average Bonchev–Trinajstić information content (AvgIpc) is 3.19. The van der Waals surface area contributed by atoms with Gasteiger partial charge < -0.3 is 15.4 Å². The lowest BCUT2D eigenvalue weighted by atomic mass is 10.1. The lowest BCUT2D eigenvalue weighted by Gasteiger charge is -2.12. The number of nitrogens with one attached hydrogen (secondary N) is 2. The van der Waals surface area contributed by atoms with Crippen LogP contribution >= 0.6 is 0 Å². The van der Waals surface area contributed by atoms with Gasteiger partial charge in [0.05, 0.1) is 20.2 Å². The van der Waals surface area contributed by atoms with E-state index in [0.717, 1.165) is 38.4 Å². The lowest BCUT2D eigenvalue weighted by Crippen LogP contribution is -2.37. The molecule has 0 atom stereocenters. The van der Waals surface area contributed by atoms with Crippen LogP contribution < -0.4 is 10.6 Å². The standard InChI is InChI=1S/C20H29N5O2/c1-3-21-20(22-12-7-6-11-19(26)27-2)23-15-17-9-4-5-10-18(17)16-25-14-8-13-24-25/h4-5,8-10,13-14H,3,6-7,11-12,15-16H2,1-2H3,(H2,21,22,23). The van der Waals surface area contributed by atoms with E-state index in [9.17, 15) is 4.79 Å². The number of methoxy groups -OCH3 is 1. The summed E-state index contributed by atoms with van der Waals surface area (Å²) in [5.74, 6) is 0.619.